The van der Waals surface area contributed by atoms with Gasteiger partial charge in [-0.25, -0.2) is 4.79 Å². The zero-order valence-corrected chi connectivity index (χ0v) is 18.3. The molecule has 5 nitrogen and oxygen atoms in total. The minimum absolute atomic E-state index is 0.307. The summed E-state index contributed by atoms with van der Waals surface area (Å²) >= 11 is 0. The summed E-state index contributed by atoms with van der Waals surface area (Å²) in [5.41, 5.74) is 4.07. The molecule has 0 aliphatic carbocycles. The summed E-state index contributed by atoms with van der Waals surface area (Å²) < 4.78 is 24.0. The van der Waals surface area contributed by atoms with E-state index in [1.54, 1.807) is 12.1 Å². The van der Waals surface area contributed by atoms with Gasteiger partial charge in [0.1, 0.15) is 18.3 Å². The number of hydrogen-bond donors (Lipinski definition) is 0. The highest BCUT2D eigenvalue weighted by atomic mass is 16.7. The van der Waals surface area contributed by atoms with Gasteiger partial charge in [0.05, 0.1) is 18.8 Å². The summed E-state index contributed by atoms with van der Waals surface area (Å²) in [5, 5.41) is 0. The highest BCUT2D eigenvalue weighted by molar-refractivity contribution is 5.89. The molecule has 0 aromatic heterocycles. The molecule has 0 bridgehead atoms. The van der Waals surface area contributed by atoms with Crippen molar-refractivity contribution in [1.82, 2.24) is 0 Å². The minimum Gasteiger partial charge on any atom is -0.456 e. The average molecular weight is 413 g/mol. The quantitative estimate of drug-likeness (QED) is 0.573. The van der Waals surface area contributed by atoms with E-state index in [1.165, 1.54) is 16.7 Å². The molecule has 0 radical (unpaired) electrons. The van der Waals surface area contributed by atoms with E-state index in [4.69, 9.17) is 18.9 Å². The van der Waals surface area contributed by atoms with Crippen molar-refractivity contribution >= 4 is 5.97 Å². The van der Waals surface area contributed by atoms with E-state index in [-0.39, 0.29) is 18.4 Å². The fourth-order valence-corrected chi connectivity index (χ4v) is 3.69. The van der Waals surface area contributed by atoms with Crippen LogP contribution in [0, 0.1) is 13.8 Å². The monoisotopic (exact) mass is 412 g/mol. The molecule has 2 aromatic carbocycles. The smallest absolute Gasteiger partial charge is 0.338 e. The van der Waals surface area contributed by atoms with Crippen LogP contribution in [0.1, 0.15) is 53.7 Å². The van der Waals surface area contributed by atoms with Crippen LogP contribution in [0.3, 0.4) is 0 Å². The number of carbonyl (C=O) groups is 1. The second kappa shape index (κ2) is 10.7. The Balaban J connectivity index is 1.69. The lowest BCUT2D eigenvalue weighted by Crippen LogP contribution is -2.51. The van der Waals surface area contributed by atoms with Crippen molar-refractivity contribution in [1.29, 1.82) is 0 Å². The van der Waals surface area contributed by atoms with Gasteiger partial charge in [-0.3, -0.25) is 0 Å². The Morgan fingerprint density at radius 1 is 1.10 bits per heavy atom. The normalized spacial score (nSPS) is 22.5. The molecule has 0 amide bonds. The Morgan fingerprint density at radius 3 is 2.47 bits per heavy atom. The van der Waals surface area contributed by atoms with Gasteiger partial charge >= 0.3 is 5.97 Å². The lowest BCUT2D eigenvalue weighted by molar-refractivity contribution is -0.280. The topological polar surface area (TPSA) is 54.0 Å². The average Bonchev–Trinajstić information content (AvgIpc) is 2.75. The Bertz CT molecular complexity index is 799. The van der Waals surface area contributed by atoms with Crippen molar-refractivity contribution < 1.29 is 23.7 Å². The van der Waals surface area contributed by atoms with Crippen LogP contribution >= 0.6 is 0 Å². The first-order valence-electron chi connectivity index (χ1n) is 10.7. The van der Waals surface area contributed by atoms with Crippen LogP contribution in [-0.4, -0.2) is 37.2 Å². The van der Waals surface area contributed by atoms with Gasteiger partial charge in [-0.2, -0.15) is 0 Å². The first-order valence-corrected chi connectivity index (χ1v) is 10.7. The van der Waals surface area contributed by atoms with Crippen LogP contribution in [-0.2, 0) is 25.6 Å². The molecule has 1 heterocycles. The molecule has 1 fully saturated rings. The van der Waals surface area contributed by atoms with E-state index >= 15 is 0 Å². The zero-order chi connectivity index (χ0) is 21.5. The fourth-order valence-electron chi connectivity index (χ4n) is 3.69. The SMILES string of the molecule is CCC[C@H]1OC[C@@H](OCc2c(C)cccc2C)[C@@H](C(C)OC(=O)c2ccccc2)O1. The Labute approximate surface area is 179 Å². The number of benzene rings is 2. The maximum atomic E-state index is 12.5. The predicted molar refractivity (Wildman–Crippen MR) is 115 cm³/mol. The third kappa shape index (κ3) is 5.69. The first kappa shape index (κ1) is 22.5. The molecule has 3 rings (SSSR count). The molecule has 1 aliphatic rings. The molecule has 1 unspecified atom stereocenters. The minimum atomic E-state index is -0.469. The molecule has 162 valence electrons. The Morgan fingerprint density at radius 2 is 1.80 bits per heavy atom. The van der Waals surface area contributed by atoms with Crippen molar-refractivity contribution in [3.8, 4) is 0 Å². The van der Waals surface area contributed by atoms with Crippen LogP contribution in [0.25, 0.3) is 0 Å². The number of rotatable bonds is 8. The summed E-state index contributed by atoms with van der Waals surface area (Å²) in [6, 6.07) is 15.2. The number of aryl methyl sites for hydroxylation is 2. The van der Waals surface area contributed by atoms with Crippen molar-refractivity contribution in [2.75, 3.05) is 6.61 Å². The summed E-state index contributed by atoms with van der Waals surface area (Å²) in [4.78, 5) is 12.5. The standard InChI is InChI=1S/C25H32O5/c1-5-10-23-28-16-22(27-15-21-17(2)11-9-12-18(21)3)24(30-23)19(4)29-25(26)20-13-7-6-8-14-20/h6-9,11-14,19,22-24H,5,10,15-16H2,1-4H3/t19?,22-,23+,24-/m1/s1. The Hall–Kier alpha value is -2.21. The lowest BCUT2D eigenvalue weighted by Gasteiger charge is -2.39. The Kier molecular flexibility index (Phi) is 8.02. The highest BCUT2D eigenvalue weighted by Crippen LogP contribution is 2.25. The number of esters is 1. The van der Waals surface area contributed by atoms with Crippen molar-refractivity contribution in [3.63, 3.8) is 0 Å². The highest BCUT2D eigenvalue weighted by Gasteiger charge is 2.38. The summed E-state index contributed by atoms with van der Waals surface area (Å²) in [6.45, 7) is 8.98. The summed E-state index contributed by atoms with van der Waals surface area (Å²) in [6.07, 6.45) is 0.244. The van der Waals surface area contributed by atoms with Crippen LogP contribution in [0.2, 0.25) is 0 Å². The van der Waals surface area contributed by atoms with Crippen molar-refractivity contribution in [3.05, 3.63) is 70.8 Å². The molecule has 1 saturated heterocycles. The van der Waals surface area contributed by atoms with Gasteiger partial charge in [-0.05, 0) is 56.0 Å². The van der Waals surface area contributed by atoms with E-state index in [2.05, 4.69) is 32.9 Å². The van der Waals surface area contributed by atoms with E-state index in [0.717, 1.165) is 12.8 Å². The molecular weight excluding hydrogens is 380 g/mol. The number of hydrogen-bond acceptors (Lipinski definition) is 5. The van der Waals surface area contributed by atoms with Gasteiger partial charge in [0.25, 0.3) is 0 Å². The molecular formula is C25H32O5. The lowest BCUT2D eigenvalue weighted by atomic mass is 10.0. The largest absolute Gasteiger partial charge is 0.456 e. The molecule has 2 aromatic rings. The molecule has 1 aliphatic heterocycles. The van der Waals surface area contributed by atoms with E-state index < -0.39 is 12.2 Å². The molecule has 0 N–H and O–H groups in total. The molecule has 4 atom stereocenters. The molecule has 5 heteroatoms. The second-order valence-corrected chi connectivity index (χ2v) is 7.85. The number of carbonyl (C=O) groups excluding carboxylic acids is 1. The van der Waals surface area contributed by atoms with E-state index in [1.807, 2.05) is 31.2 Å². The van der Waals surface area contributed by atoms with Gasteiger partial charge < -0.3 is 18.9 Å². The zero-order valence-electron chi connectivity index (χ0n) is 18.3. The number of ether oxygens (including phenoxy) is 4. The van der Waals surface area contributed by atoms with E-state index in [0.29, 0.717) is 18.8 Å². The van der Waals surface area contributed by atoms with Crippen LogP contribution in [0.4, 0.5) is 0 Å². The molecule has 30 heavy (non-hydrogen) atoms. The van der Waals surface area contributed by atoms with Gasteiger partial charge in [-0.1, -0.05) is 49.7 Å². The van der Waals surface area contributed by atoms with Gasteiger partial charge in [-0.15, -0.1) is 0 Å². The second-order valence-electron chi connectivity index (χ2n) is 7.85. The van der Waals surface area contributed by atoms with Crippen molar-refractivity contribution in [2.45, 2.75) is 71.7 Å². The predicted octanol–water partition coefficient (Wildman–Crippen LogP) is 4.98. The summed E-state index contributed by atoms with van der Waals surface area (Å²) in [7, 11) is 0. The van der Waals surface area contributed by atoms with Crippen LogP contribution in [0.15, 0.2) is 48.5 Å². The summed E-state index contributed by atoms with van der Waals surface area (Å²) in [5.74, 6) is -0.362. The van der Waals surface area contributed by atoms with Gasteiger partial charge in [0.2, 0.25) is 0 Å². The van der Waals surface area contributed by atoms with Gasteiger partial charge in [0, 0.05) is 0 Å². The third-order valence-corrected chi connectivity index (χ3v) is 5.50. The van der Waals surface area contributed by atoms with Gasteiger partial charge in [0.15, 0.2) is 6.29 Å². The van der Waals surface area contributed by atoms with Crippen LogP contribution < -0.4 is 0 Å². The maximum Gasteiger partial charge on any atom is 0.338 e. The van der Waals surface area contributed by atoms with Crippen LogP contribution in [0.5, 0.6) is 0 Å². The third-order valence-electron chi connectivity index (χ3n) is 5.50. The fraction of sp³-hybridized carbons (Fsp3) is 0.480. The molecule has 0 spiro atoms. The first-order chi connectivity index (χ1) is 14.5. The van der Waals surface area contributed by atoms with Crippen molar-refractivity contribution in [2.24, 2.45) is 0 Å². The molecule has 0 saturated carbocycles. The maximum absolute atomic E-state index is 12.5. The van der Waals surface area contributed by atoms with E-state index in [9.17, 15) is 4.79 Å².